The molecular formula is C13H19BrN2. The highest BCUT2D eigenvalue weighted by Crippen LogP contribution is 2.28. The zero-order chi connectivity index (χ0) is 11.4. The van der Waals surface area contributed by atoms with Crippen LogP contribution in [0.4, 0.5) is 0 Å². The van der Waals surface area contributed by atoms with E-state index in [9.17, 15) is 0 Å². The van der Waals surface area contributed by atoms with Crippen LogP contribution in [0.1, 0.15) is 37.8 Å². The predicted molar refractivity (Wildman–Crippen MR) is 70.2 cm³/mol. The van der Waals surface area contributed by atoms with Crippen molar-refractivity contribution in [2.24, 2.45) is 11.7 Å². The summed E-state index contributed by atoms with van der Waals surface area (Å²) in [6.45, 7) is 0. The second-order valence-corrected chi connectivity index (χ2v) is 5.63. The minimum atomic E-state index is 0.368. The normalized spacial score (nSPS) is 18.9. The van der Waals surface area contributed by atoms with Gasteiger partial charge in [0.15, 0.2) is 0 Å². The Kier molecular flexibility index (Phi) is 4.36. The number of pyridine rings is 1. The van der Waals surface area contributed by atoms with Gasteiger partial charge in [-0.15, -0.1) is 0 Å². The summed E-state index contributed by atoms with van der Waals surface area (Å²) in [6, 6.07) is 4.49. The largest absolute Gasteiger partial charge is 0.327 e. The Morgan fingerprint density at radius 1 is 1.38 bits per heavy atom. The summed E-state index contributed by atoms with van der Waals surface area (Å²) >= 11 is 3.39. The number of hydrogen-bond donors (Lipinski definition) is 1. The van der Waals surface area contributed by atoms with Crippen LogP contribution in [-0.4, -0.2) is 11.0 Å². The summed E-state index contributed by atoms with van der Waals surface area (Å²) in [6.07, 6.45) is 9.33. The topological polar surface area (TPSA) is 38.9 Å². The molecule has 1 aromatic rings. The molecule has 0 spiro atoms. The predicted octanol–water partition coefficient (Wildman–Crippen LogP) is 3.29. The molecule has 0 bridgehead atoms. The van der Waals surface area contributed by atoms with Crippen LogP contribution in [0.25, 0.3) is 0 Å². The highest BCUT2D eigenvalue weighted by molar-refractivity contribution is 9.10. The van der Waals surface area contributed by atoms with E-state index in [1.807, 2.05) is 12.3 Å². The lowest BCUT2D eigenvalue weighted by atomic mass is 9.94. The molecule has 1 aliphatic rings. The van der Waals surface area contributed by atoms with Crippen molar-refractivity contribution in [1.29, 1.82) is 0 Å². The van der Waals surface area contributed by atoms with Gasteiger partial charge in [-0.05, 0) is 59.7 Å². The first-order valence-corrected chi connectivity index (χ1v) is 6.91. The Hall–Kier alpha value is -0.410. The SMILES string of the molecule is NC(CCc1ccc(Br)cn1)C1CCCC1. The molecule has 2 rings (SSSR count). The molecule has 1 saturated carbocycles. The number of hydrogen-bond acceptors (Lipinski definition) is 2. The molecule has 1 atom stereocenters. The van der Waals surface area contributed by atoms with Gasteiger partial charge in [0.05, 0.1) is 0 Å². The first-order valence-electron chi connectivity index (χ1n) is 6.12. The van der Waals surface area contributed by atoms with Gasteiger partial charge in [-0.3, -0.25) is 4.98 Å². The fraction of sp³-hybridized carbons (Fsp3) is 0.615. The number of nitrogens with zero attached hydrogens (tertiary/aromatic N) is 1. The van der Waals surface area contributed by atoms with Crippen LogP contribution in [0.15, 0.2) is 22.8 Å². The Bertz CT molecular complexity index is 317. The van der Waals surface area contributed by atoms with E-state index in [1.54, 1.807) is 0 Å². The molecule has 0 radical (unpaired) electrons. The smallest absolute Gasteiger partial charge is 0.0413 e. The van der Waals surface area contributed by atoms with Crippen LogP contribution in [0.3, 0.4) is 0 Å². The molecule has 3 heteroatoms. The van der Waals surface area contributed by atoms with Gasteiger partial charge in [-0.1, -0.05) is 12.8 Å². The molecule has 0 aliphatic heterocycles. The van der Waals surface area contributed by atoms with Crippen molar-refractivity contribution >= 4 is 15.9 Å². The molecule has 1 fully saturated rings. The van der Waals surface area contributed by atoms with Crippen molar-refractivity contribution in [2.75, 3.05) is 0 Å². The van der Waals surface area contributed by atoms with Crippen molar-refractivity contribution in [2.45, 2.75) is 44.6 Å². The molecule has 0 saturated heterocycles. The third-order valence-corrected chi connectivity index (χ3v) is 4.00. The van der Waals surface area contributed by atoms with E-state index >= 15 is 0 Å². The molecule has 0 amide bonds. The van der Waals surface area contributed by atoms with Crippen molar-refractivity contribution in [3.8, 4) is 0 Å². The second-order valence-electron chi connectivity index (χ2n) is 4.71. The molecular weight excluding hydrogens is 264 g/mol. The molecule has 2 N–H and O–H groups in total. The quantitative estimate of drug-likeness (QED) is 0.920. The van der Waals surface area contributed by atoms with E-state index in [1.165, 1.54) is 25.7 Å². The maximum Gasteiger partial charge on any atom is 0.0413 e. The zero-order valence-corrected chi connectivity index (χ0v) is 11.1. The van der Waals surface area contributed by atoms with Crippen LogP contribution >= 0.6 is 15.9 Å². The van der Waals surface area contributed by atoms with Gasteiger partial charge >= 0.3 is 0 Å². The number of rotatable bonds is 4. The first-order chi connectivity index (χ1) is 7.75. The van der Waals surface area contributed by atoms with E-state index < -0.39 is 0 Å². The monoisotopic (exact) mass is 282 g/mol. The van der Waals surface area contributed by atoms with E-state index in [4.69, 9.17) is 5.73 Å². The lowest BCUT2D eigenvalue weighted by Gasteiger charge is -2.18. The summed E-state index contributed by atoms with van der Waals surface area (Å²) < 4.78 is 1.04. The van der Waals surface area contributed by atoms with Crippen molar-refractivity contribution in [3.05, 3.63) is 28.5 Å². The summed E-state index contributed by atoms with van der Waals surface area (Å²) in [5.74, 6) is 0.760. The molecule has 1 aliphatic carbocycles. The summed E-state index contributed by atoms with van der Waals surface area (Å²) in [5, 5.41) is 0. The summed E-state index contributed by atoms with van der Waals surface area (Å²) in [7, 11) is 0. The van der Waals surface area contributed by atoms with Crippen LogP contribution in [0.5, 0.6) is 0 Å². The minimum absolute atomic E-state index is 0.368. The average molecular weight is 283 g/mol. The molecule has 1 aromatic heterocycles. The van der Waals surface area contributed by atoms with Gasteiger partial charge in [0.1, 0.15) is 0 Å². The Labute approximate surface area is 106 Å². The molecule has 16 heavy (non-hydrogen) atoms. The van der Waals surface area contributed by atoms with Crippen molar-refractivity contribution in [3.63, 3.8) is 0 Å². The first kappa shape index (κ1) is 12.1. The van der Waals surface area contributed by atoms with Crippen molar-refractivity contribution in [1.82, 2.24) is 4.98 Å². The fourth-order valence-corrected chi connectivity index (χ4v) is 2.72. The van der Waals surface area contributed by atoms with E-state index in [-0.39, 0.29) is 0 Å². The minimum Gasteiger partial charge on any atom is -0.327 e. The number of halogens is 1. The molecule has 2 nitrogen and oxygen atoms in total. The third-order valence-electron chi connectivity index (χ3n) is 3.53. The lowest BCUT2D eigenvalue weighted by Crippen LogP contribution is -2.28. The maximum atomic E-state index is 6.22. The number of nitrogens with two attached hydrogens (primary N) is 1. The Morgan fingerprint density at radius 2 is 2.12 bits per heavy atom. The molecule has 1 unspecified atom stereocenters. The van der Waals surface area contributed by atoms with Gasteiger partial charge < -0.3 is 5.73 Å². The van der Waals surface area contributed by atoms with Crippen LogP contribution in [0, 0.1) is 5.92 Å². The Balaban J connectivity index is 1.80. The standard InChI is InChI=1S/C13H19BrN2/c14-11-5-6-12(16-9-11)7-8-13(15)10-3-1-2-4-10/h5-6,9-10,13H,1-4,7-8,15H2. The van der Waals surface area contributed by atoms with E-state index in [0.717, 1.165) is 28.9 Å². The van der Waals surface area contributed by atoms with Crippen LogP contribution < -0.4 is 5.73 Å². The summed E-state index contributed by atoms with van der Waals surface area (Å²) in [4.78, 5) is 4.37. The lowest BCUT2D eigenvalue weighted by molar-refractivity contribution is 0.409. The molecule has 88 valence electrons. The van der Waals surface area contributed by atoms with Gasteiger partial charge in [-0.25, -0.2) is 0 Å². The highest BCUT2D eigenvalue weighted by atomic mass is 79.9. The zero-order valence-electron chi connectivity index (χ0n) is 9.53. The second kappa shape index (κ2) is 5.78. The van der Waals surface area contributed by atoms with Gasteiger partial charge in [0.2, 0.25) is 0 Å². The maximum absolute atomic E-state index is 6.22. The number of aryl methyl sites for hydroxylation is 1. The third kappa shape index (κ3) is 3.29. The highest BCUT2D eigenvalue weighted by Gasteiger charge is 2.21. The van der Waals surface area contributed by atoms with E-state index in [0.29, 0.717) is 6.04 Å². The van der Waals surface area contributed by atoms with Gasteiger partial charge in [0, 0.05) is 22.4 Å². The van der Waals surface area contributed by atoms with Crippen LogP contribution in [-0.2, 0) is 6.42 Å². The Morgan fingerprint density at radius 3 is 2.75 bits per heavy atom. The fourth-order valence-electron chi connectivity index (χ4n) is 2.49. The van der Waals surface area contributed by atoms with Gasteiger partial charge in [-0.2, -0.15) is 0 Å². The van der Waals surface area contributed by atoms with Crippen LogP contribution in [0.2, 0.25) is 0 Å². The number of aromatic nitrogens is 1. The van der Waals surface area contributed by atoms with E-state index in [2.05, 4.69) is 27.0 Å². The summed E-state index contributed by atoms with van der Waals surface area (Å²) in [5.41, 5.74) is 7.37. The van der Waals surface area contributed by atoms with Crippen molar-refractivity contribution < 1.29 is 0 Å². The molecule has 0 aromatic carbocycles. The average Bonchev–Trinajstić information content (AvgIpc) is 2.81. The van der Waals surface area contributed by atoms with Gasteiger partial charge in [0.25, 0.3) is 0 Å². The molecule has 1 heterocycles.